The fourth-order valence-corrected chi connectivity index (χ4v) is 3.97. The van der Waals surface area contributed by atoms with E-state index in [0.29, 0.717) is 24.4 Å². The minimum Gasteiger partial charge on any atom is -0.492 e. The van der Waals surface area contributed by atoms with Gasteiger partial charge in [-0.15, -0.1) is 0 Å². The van der Waals surface area contributed by atoms with Crippen LogP contribution in [0.2, 0.25) is 0 Å². The maximum atomic E-state index is 12.6. The molecule has 0 aromatic heterocycles. The summed E-state index contributed by atoms with van der Waals surface area (Å²) >= 11 is 3.37. The monoisotopic (exact) mass is 488 g/mol. The van der Waals surface area contributed by atoms with Crippen molar-refractivity contribution >= 4 is 37.5 Å². The Morgan fingerprint density at radius 2 is 1.60 bits per heavy atom. The number of rotatable bonds is 8. The first-order chi connectivity index (χ1) is 14.3. The molecule has 0 bridgehead atoms. The highest BCUT2D eigenvalue weighted by atomic mass is 79.9. The van der Waals surface area contributed by atoms with Crippen LogP contribution in [0.15, 0.2) is 88.2 Å². The molecule has 6 nitrogen and oxygen atoms in total. The number of para-hydroxylation sites is 1. The Morgan fingerprint density at radius 1 is 0.967 bits per heavy atom. The largest absolute Gasteiger partial charge is 0.492 e. The molecule has 0 atom stereocenters. The molecule has 0 saturated carbocycles. The lowest BCUT2D eigenvalue weighted by atomic mass is 10.2. The molecule has 8 heteroatoms. The lowest BCUT2D eigenvalue weighted by Crippen LogP contribution is -2.30. The Hall–Kier alpha value is -2.84. The number of benzene rings is 3. The summed E-state index contributed by atoms with van der Waals surface area (Å²) in [4.78, 5) is 14.2. The molecule has 156 valence electrons. The van der Waals surface area contributed by atoms with Gasteiger partial charge in [-0.05, 0) is 60.7 Å². The SMILES string of the molecule is CN(CCOc1ccc(Br)cc1)C(=O)c1ccc(S(=O)(=O)Nc2ccccc2)cc1. The van der Waals surface area contributed by atoms with Crippen molar-refractivity contribution in [3.05, 3.63) is 88.9 Å². The van der Waals surface area contributed by atoms with Crippen molar-refractivity contribution in [3.63, 3.8) is 0 Å². The number of ether oxygens (including phenoxy) is 1. The first-order valence-electron chi connectivity index (χ1n) is 9.17. The first-order valence-corrected chi connectivity index (χ1v) is 11.4. The molecule has 3 rings (SSSR count). The van der Waals surface area contributed by atoms with Gasteiger partial charge in [0.25, 0.3) is 15.9 Å². The first kappa shape index (κ1) is 21.9. The highest BCUT2D eigenvalue weighted by Crippen LogP contribution is 2.18. The van der Waals surface area contributed by atoms with Gasteiger partial charge in [0.05, 0.1) is 11.4 Å². The number of nitrogens with one attached hydrogen (secondary N) is 1. The second-order valence-electron chi connectivity index (χ2n) is 6.52. The number of amides is 1. The van der Waals surface area contributed by atoms with Gasteiger partial charge in [-0.25, -0.2) is 8.42 Å². The van der Waals surface area contributed by atoms with Crippen LogP contribution in [-0.4, -0.2) is 39.4 Å². The fraction of sp³-hybridized carbons (Fsp3) is 0.136. The van der Waals surface area contributed by atoms with E-state index in [0.717, 1.165) is 10.2 Å². The van der Waals surface area contributed by atoms with Crippen LogP contribution in [0.5, 0.6) is 5.75 Å². The number of hydrogen-bond donors (Lipinski definition) is 1. The number of carbonyl (C=O) groups excluding carboxylic acids is 1. The highest BCUT2D eigenvalue weighted by molar-refractivity contribution is 9.10. The van der Waals surface area contributed by atoms with Gasteiger partial charge >= 0.3 is 0 Å². The number of anilines is 1. The van der Waals surface area contributed by atoms with Crippen LogP contribution in [0, 0.1) is 0 Å². The predicted octanol–water partition coefficient (Wildman–Crippen LogP) is 4.40. The third kappa shape index (κ3) is 5.84. The van der Waals surface area contributed by atoms with Crippen molar-refractivity contribution in [1.82, 2.24) is 4.90 Å². The molecule has 3 aromatic carbocycles. The Bertz CT molecular complexity index is 1090. The van der Waals surface area contributed by atoms with Crippen LogP contribution in [0.3, 0.4) is 0 Å². The zero-order valence-electron chi connectivity index (χ0n) is 16.3. The molecule has 30 heavy (non-hydrogen) atoms. The van der Waals surface area contributed by atoms with E-state index >= 15 is 0 Å². The second-order valence-corrected chi connectivity index (χ2v) is 9.12. The average molecular weight is 489 g/mol. The summed E-state index contributed by atoms with van der Waals surface area (Å²) in [5, 5.41) is 0. The zero-order chi connectivity index (χ0) is 21.6. The van der Waals surface area contributed by atoms with Gasteiger partial charge in [0, 0.05) is 22.8 Å². The van der Waals surface area contributed by atoms with Crippen molar-refractivity contribution in [2.24, 2.45) is 0 Å². The highest BCUT2D eigenvalue weighted by Gasteiger charge is 2.16. The van der Waals surface area contributed by atoms with E-state index in [-0.39, 0.29) is 10.8 Å². The molecular weight excluding hydrogens is 468 g/mol. The lowest BCUT2D eigenvalue weighted by Gasteiger charge is -2.18. The summed E-state index contributed by atoms with van der Waals surface area (Å²) in [5.41, 5.74) is 0.878. The predicted molar refractivity (Wildman–Crippen MR) is 120 cm³/mol. The average Bonchev–Trinajstić information content (AvgIpc) is 2.75. The molecule has 1 N–H and O–H groups in total. The van der Waals surface area contributed by atoms with E-state index in [1.165, 1.54) is 29.2 Å². The van der Waals surface area contributed by atoms with E-state index in [4.69, 9.17) is 4.74 Å². The summed E-state index contributed by atoms with van der Waals surface area (Å²) in [7, 11) is -2.05. The third-order valence-corrected chi connectivity index (χ3v) is 6.22. The maximum absolute atomic E-state index is 12.6. The number of hydrogen-bond acceptors (Lipinski definition) is 4. The van der Waals surface area contributed by atoms with Crippen molar-refractivity contribution < 1.29 is 17.9 Å². The van der Waals surface area contributed by atoms with Crippen molar-refractivity contribution in [2.45, 2.75) is 4.90 Å². The van der Waals surface area contributed by atoms with E-state index in [1.54, 1.807) is 37.4 Å². The smallest absolute Gasteiger partial charge is 0.261 e. The van der Waals surface area contributed by atoms with Gasteiger partial charge in [0.15, 0.2) is 0 Å². The van der Waals surface area contributed by atoms with Gasteiger partial charge < -0.3 is 9.64 Å². The van der Waals surface area contributed by atoms with Gasteiger partial charge in [0.1, 0.15) is 12.4 Å². The zero-order valence-corrected chi connectivity index (χ0v) is 18.7. The fourth-order valence-electron chi connectivity index (χ4n) is 2.65. The van der Waals surface area contributed by atoms with E-state index < -0.39 is 10.0 Å². The number of nitrogens with zero attached hydrogens (tertiary/aromatic N) is 1. The topological polar surface area (TPSA) is 75.7 Å². The van der Waals surface area contributed by atoms with E-state index in [9.17, 15) is 13.2 Å². The molecule has 3 aromatic rings. The van der Waals surface area contributed by atoms with Gasteiger partial charge in [-0.2, -0.15) is 0 Å². The summed E-state index contributed by atoms with van der Waals surface area (Å²) < 4.78 is 34.1. The van der Waals surface area contributed by atoms with Crippen molar-refractivity contribution in [3.8, 4) is 5.75 Å². The van der Waals surface area contributed by atoms with Crippen molar-refractivity contribution in [2.75, 3.05) is 24.9 Å². The molecule has 1 amide bonds. The number of sulfonamides is 1. The molecule has 0 saturated heterocycles. The summed E-state index contributed by atoms with van der Waals surface area (Å²) in [6.07, 6.45) is 0. The second kappa shape index (κ2) is 9.77. The summed E-state index contributed by atoms with van der Waals surface area (Å²) in [6, 6.07) is 21.9. The molecule has 0 aliphatic heterocycles. The molecule has 0 fully saturated rings. The minimum atomic E-state index is -3.72. The Balaban J connectivity index is 1.57. The van der Waals surface area contributed by atoms with Crippen LogP contribution >= 0.6 is 15.9 Å². The summed E-state index contributed by atoms with van der Waals surface area (Å²) in [5.74, 6) is 0.508. The summed E-state index contributed by atoms with van der Waals surface area (Å²) in [6.45, 7) is 0.738. The normalized spacial score (nSPS) is 11.0. The van der Waals surface area contributed by atoms with Crippen LogP contribution in [0.1, 0.15) is 10.4 Å². The van der Waals surface area contributed by atoms with Crippen LogP contribution < -0.4 is 9.46 Å². The molecule has 0 radical (unpaired) electrons. The maximum Gasteiger partial charge on any atom is 0.261 e. The molecular formula is C22H21BrN2O4S. The Kier molecular flexibility index (Phi) is 7.12. The van der Waals surface area contributed by atoms with Gasteiger partial charge in [-0.3, -0.25) is 9.52 Å². The van der Waals surface area contributed by atoms with Gasteiger partial charge in [0.2, 0.25) is 0 Å². The lowest BCUT2D eigenvalue weighted by molar-refractivity contribution is 0.0773. The number of carbonyl (C=O) groups is 1. The Morgan fingerprint density at radius 3 is 2.23 bits per heavy atom. The molecule has 0 heterocycles. The minimum absolute atomic E-state index is 0.0872. The third-order valence-electron chi connectivity index (χ3n) is 4.29. The molecule has 0 unspecified atom stereocenters. The standard InChI is InChI=1S/C22H21BrN2O4S/c1-25(15-16-29-20-11-9-18(23)10-12-20)22(26)17-7-13-21(14-8-17)30(27,28)24-19-5-3-2-4-6-19/h2-14,24H,15-16H2,1H3. The van der Waals surface area contributed by atoms with Crippen LogP contribution in [0.4, 0.5) is 5.69 Å². The molecule has 0 aliphatic carbocycles. The number of halogens is 1. The Labute approximate surface area is 184 Å². The van der Waals surface area contributed by atoms with E-state index in [1.807, 2.05) is 24.3 Å². The quantitative estimate of drug-likeness (QED) is 0.509. The van der Waals surface area contributed by atoms with Crippen LogP contribution in [-0.2, 0) is 10.0 Å². The number of likely N-dealkylation sites (N-methyl/N-ethyl adjacent to an activating group) is 1. The van der Waals surface area contributed by atoms with Crippen LogP contribution in [0.25, 0.3) is 0 Å². The van der Waals surface area contributed by atoms with E-state index in [2.05, 4.69) is 20.7 Å². The molecule has 0 spiro atoms. The molecule has 0 aliphatic rings. The van der Waals surface area contributed by atoms with Gasteiger partial charge in [-0.1, -0.05) is 34.1 Å². The van der Waals surface area contributed by atoms with Crippen molar-refractivity contribution in [1.29, 1.82) is 0 Å².